The summed E-state index contributed by atoms with van der Waals surface area (Å²) in [7, 11) is 0. The number of non-ortho nitro benzene ring substituents is 1. The monoisotopic (exact) mass is 369 g/mol. The minimum absolute atomic E-state index is 0.0362. The highest BCUT2D eigenvalue weighted by molar-refractivity contribution is 7.17. The Hall–Kier alpha value is -3.46. The zero-order valence-electron chi connectivity index (χ0n) is 13.2. The first kappa shape index (κ1) is 16.0. The number of aromatic nitrogens is 1. The average Bonchev–Trinajstić information content (AvgIpc) is 3.31. The Kier molecular flexibility index (Phi) is 3.98. The zero-order valence-corrected chi connectivity index (χ0v) is 14.0. The number of anilines is 1. The predicted molar refractivity (Wildman–Crippen MR) is 94.7 cm³/mol. The molecule has 0 saturated heterocycles. The first-order valence-electron chi connectivity index (χ1n) is 7.52. The maximum Gasteiger partial charge on any atom is 0.269 e. The van der Waals surface area contributed by atoms with E-state index in [4.69, 9.17) is 9.47 Å². The van der Waals surface area contributed by atoms with Crippen LogP contribution >= 0.6 is 11.3 Å². The predicted octanol–water partition coefficient (Wildman–Crippen LogP) is 3.70. The lowest BCUT2D eigenvalue weighted by Gasteiger charge is -2.02. The number of nitro benzene ring substituents is 1. The SMILES string of the molecule is O=C(Nc1ccc([N+](=O)[O-])cc1)c1cnc(-c2ccc3c(c2)OCO3)s1. The second-order valence-electron chi connectivity index (χ2n) is 5.36. The van der Waals surface area contributed by atoms with E-state index in [2.05, 4.69) is 10.3 Å². The van der Waals surface area contributed by atoms with Crippen molar-refractivity contribution in [3.63, 3.8) is 0 Å². The molecule has 0 radical (unpaired) electrons. The number of hydrogen-bond donors (Lipinski definition) is 1. The summed E-state index contributed by atoms with van der Waals surface area (Å²) < 4.78 is 10.6. The van der Waals surface area contributed by atoms with Gasteiger partial charge in [0.15, 0.2) is 11.5 Å². The third-order valence-corrected chi connectivity index (χ3v) is 4.73. The van der Waals surface area contributed by atoms with E-state index in [0.717, 1.165) is 5.56 Å². The maximum atomic E-state index is 12.3. The molecule has 2 aromatic carbocycles. The summed E-state index contributed by atoms with van der Waals surface area (Å²) in [6, 6.07) is 11.1. The molecular weight excluding hydrogens is 358 g/mol. The largest absolute Gasteiger partial charge is 0.454 e. The number of thiazole rings is 1. The summed E-state index contributed by atoms with van der Waals surface area (Å²) in [6.07, 6.45) is 1.49. The van der Waals surface area contributed by atoms with Crippen molar-refractivity contribution in [1.29, 1.82) is 0 Å². The summed E-state index contributed by atoms with van der Waals surface area (Å²) in [5, 5.41) is 14.0. The summed E-state index contributed by atoms with van der Waals surface area (Å²) in [5.41, 5.74) is 1.26. The Labute approximate surface area is 151 Å². The fourth-order valence-corrected chi connectivity index (χ4v) is 3.21. The van der Waals surface area contributed by atoms with Crippen LogP contribution in [0.15, 0.2) is 48.7 Å². The number of rotatable bonds is 4. The number of nitro groups is 1. The summed E-state index contributed by atoms with van der Waals surface area (Å²) in [4.78, 5) is 27.2. The van der Waals surface area contributed by atoms with Gasteiger partial charge in [0.1, 0.15) is 9.88 Å². The normalized spacial score (nSPS) is 12.0. The number of amides is 1. The Balaban J connectivity index is 1.50. The van der Waals surface area contributed by atoms with E-state index in [-0.39, 0.29) is 18.4 Å². The van der Waals surface area contributed by atoms with Crippen molar-refractivity contribution < 1.29 is 19.2 Å². The second-order valence-corrected chi connectivity index (χ2v) is 6.39. The molecule has 26 heavy (non-hydrogen) atoms. The van der Waals surface area contributed by atoms with Crippen LogP contribution in [0.3, 0.4) is 0 Å². The lowest BCUT2D eigenvalue weighted by Crippen LogP contribution is -2.09. The lowest BCUT2D eigenvalue weighted by atomic mass is 10.2. The molecule has 0 bridgehead atoms. The van der Waals surface area contributed by atoms with Crippen LogP contribution in [-0.2, 0) is 0 Å². The average molecular weight is 369 g/mol. The van der Waals surface area contributed by atoms with Gasteiger partial charge < -0.3 is 14.8 Å². The molecule has 4 rings (SSSR count). The molecule has 0 saturated carbocycles. The van der Waals surface area contributed by atoms with Crippen molar-refractivity contribution in [2.45, 2.75) is 0 Å². The smallest absolute Gasteiger partial charge is 0.269 e. The van der Waals surface area contributed by atoms with Gasteiger partial charge in [-0.05, 0) is 30.3 Å². The van der Waals surface area contributed by atoms with Crippen LogP contribution in [0.2, 0.25) is 0 Å². The Morgan fingerprint density at radius 3 is 2.69 bits per heavy atom. The van der Waals surface area contributed by atoms with Gasteiger partial charge in [0.2, 0.25) is 6.79 Å². The van der Waals surface area contributed by atoms with Crippen LogP contribution in [0.1, 0.15) is 9.67 Å². The Bertz CT molecular complexity index is 1000. The minimum Gasteiger partial charge on any atom is -0.454 e. The Morgan fingerprint density at radius 1 is 1.15 bits per heavy atom. The molecule has 0 unspecified atom stereocenters. The van der Waals surface area contributed by atoms with Gasteiger partial charge in [-0.3, -0.25) is 14.9 Å². The number of fused-ring (bicyclic) bond motifs is 1. The standard InChI is InChI=1S/C17H11N3O5S/c21-16(19-11-2-4-12(5-3-11)20(22)23)15-8-18-17(26-15)10-1-6-13-14(7-10)25-9-24-13/h1-8H,9H2,(H,19,21). The number of nitrogens with one attached hydrogen (secondary N) is 1. The van der Waals surface area contributed by atoms with Crippen LogP contribution in [0, 0.1) is 10.1 Å². The van der Waals surface area contributed by atoms with E-state index in [1.807, 2.05) is 12.1 Å². The van der Waals surface area contributed by atoms with Gasteiger partial charge >= 0.3 is 0 Å². The number of nitrogens with zero attached hydrogens (tertiary/aromatic N) is 2. The summed E-state index contributed by atoms with van der Waals surface area (Å²) in [6.45, 7) is 0.194. The number of carbonyl (C=O) groups excluding carboxylic acids is 1. The molecule has 0 aliphatic carbocycles. The molecule has 1 amide bonds. The topological polar surface area (TPSA) is 104 Å². The van der Waals surface area contributed by atoms with Gasteiger partial charge in [-0.15, -0.1) is 11.3 Å². The van der Waals surface area contributed by atoms with Crippen molar-refractivity contribution >= 4 is 28.6 Å². The van der Waals surface area contributed by atoms with Gasteiger partial charge in [0, 0.05) is 23.4 Å². The highest BCUT2D eigenvalue weighted by Gasteiger charge is 2.17. The van der Waals surface area contributed by atoms with Gasteiger partial charge in [0.05, 0.1) is 11.1 Å². The minimum atomic E-state index is -0.494. The molecular formula is C17H11N3O5S. The third kappa shape index (κ3) is 3.07. The van der Waals surface area contributed by atoms with E-state index in [9.17, 15) is 14.9 Å². The molecule has 2 heterocycles. The molecule has 0 fully saturated rings. The molecule has 8 nitrogen and oxygen atoms in total. The van der Waals surface area contributed by atoms with Crippen molar-refractivity contribution in [3.05, 3.63) is 63.7 Å². The Morgan fingerprint density at radius 2 is 1.92 bits per heavy atom. The van der Waals surface area contributed by atoms with Crippen LogP contribution < -0.4 is 14.8 Å². The fraction of sp³-hybridized carbons (Fsp3) is 0.0588. The van der Waals surface area contributed by atoms with E-state index in [1.54, 1.807) is 6.07 Å². The number of benzene rings is 2. The van der Waals surface area contributed by atoms with Gasteiger partial charge in [0.25, 0.3) is 11.6 Å². The van der Waals surface area contributed by atoms with Crippen LogP contribution in [0.25, 0.3) is 10.6 Å². The molecule has 0 atom stereocenters. The molecule has 1 N–H and O–H groups in total. The third-order valence-electron chi connectivity index (χ3n) is 3.68. The molecule has 1 aliphatic heterocycles. The van der Waals surface area contributed by atoms with Crippen molar-refractivity contribution in [2.75, 3.05) is 12.1 Å². The molecule has 1 aromatic heterocycles. The maximum absolute atomic E-state index is 12.3. The first-order valence-corrected chi connectivity index (χ1v) is 8.33. The zero-order chi connectivity index (χ0) is 18.1. The molecule has 3 aromatic rings. The summed E-state index contributed by atoms with van der Waals surface area (Å²) >= 11 is 1.24. The van der Waals surface area contributed by atoms with E-state index >= 15 is 0 Å². The molecule has 1 aliphatic rings. The van der Waals surface area contributed by atoms with E-state index in [1.165, 1.54) is 41.8 Å². The van der Waals surface area contributed by atoms with Crippen molar-refractivity contribution in [1.82, 2.24) is 4.98 Å². The number of hydrogen-bond acceptors (Lipinski definition) is 7. The number of carbonyl (C=O) groups is 1. The van der Waals surface area contributed by atoms with E-state index < -0.39 is 4.92 Å². The molecule has 9 heteroatoms. The first-order chi connectivity index (χ1) is 12.6. The van der Waals surface area contributed by atoms with Gasteiger partial charge in [-0.25, -0.2) is 4.98 Å². The van der Waals surface area contributed by atoms with Crippen LogP contribution in [-0.4, -0.2) is 22.6 Å². The van der Waals surface area contributed by atoms with Gasteiger partial charge in [-0.1, -0.05) is 0 Å². The molecule has 0 spiro atoms. The lowest BCUT2D eigenvalue weighted by molar-refractivity contribution is -0.384. The fourth-order valence-electron chi connectivity index (χ4n) is 2.40. The van der Waals surface area contributed by atoms with Crippen molar-refractivity contribution in [3.8, 4) is 22.1 Å². The highest BCUT2D eigenvalue weighted by Crippen LogP contribution is 2.37. The summed E-state index contributed by atoms with van der Waals surface area (Å²) in [5.74, 6) is 0.999. The van der Waals surface area contributed by atoms with Gasteiger partial charge in [-0.2, -0.15) is 0 Å². The van der Waals surface area contributed by atoms with Crippen LogP contribution in [0.4, 0.5) is 11.4 Å². The van der Waals surface area contributed by atoms with E-state index in [0.29, 0.717) is 27.1 Å². The number of ether oxygens (including phenoxy) is 2. The van der Waals surface area contributed by atoms with Crippen molar-refractivity contribution in [2.24, 2.45) is 0 Å². The second kappa shape index (κ2) is 6.45. The quantitative estimate of drug-likeness (QED) is 0.555. The molecule has 130 valence electrons. The highest BCUT2D eigenvalue weighted by atomic mass is 32.1. The van der Waals surface area contributed by atoms with Crippen LogP contribution in [0.5, 0.6) is 11.5 Å².